The quantitative estimate of drug-likeness (QED) is 0.500. The normalized spacial score (nSPS) is 16.0. The molecular formula is C18H14NO5-. The molecule has 0 aliphatic carbocycles. The van der Waals surface area contributed by atoms with Crippen LogP contribution in [0.5, 0.6) is 5.75 Å². The highest BCUT2D eigenvalue weighted by molar-refractivity contribution is 6.00. The van der Waals surface area contributed by atoms with Crippen LogP contribution in [0.4, 0.5) is 0 Å². The maximum absolute atomic E-state index is 12.3. The van der Waals surface area contributed by atoms with Gasteiger partial charge in [-0.1, -0.05) is 42.5 Å². The summed E-state index contributed by atoms with van der Waals surface area (Å²) < 4.78 is 5.12. The highest BCUT2D eigenvalue weighted by atomic mass is 16.5. The zero-order chi connectivity index (χ0) is 17.1. The van der Waals surface area contributed by atoms with Crippen molar-refractivity contribution in [3.05, 3.63) is 65.2 Å². The van der Waals surface area contributed by atoms with Gasteiger partial charge in [0.15, 0.2) is 0 Å². The van der Waals surface area contributed by atoms with Crippen LogP contribution in [0, 0.1) is 5.92 Å². The largest absolute Gasteiger partial charge is 0.545 e. The number of rotatable bonds is 4. The molecule has 0 fully saturated rings. The SMILES string of the molecule is O=C([O-])c1ccc2c(c1)OC(=O)C(C(=O)NCc1ccccc1)C2. The summed E-state index contributed by atoms with van der Waals surface area (Å²) in [4.78, 5) is 35.1. The number of hydrogen-bond donors (Lipinski definition) is 1. The Morgan fingerprint density at radius 1 is 1.17 bits per heavy atom. The van der Waals surface area contributed by atoms with Crippen LogP contribution in [0.1, 0.15) is 21.5 Å². The van der Waals surface area contributed by atoms with E-state index in [0.717, 1.165) is 5.56 Å². The van der Waals surface area contributed by atoms with Crippen LogP contribution in [0.3, 0.4) is 0 Å². The number of carbonyl (C=O) groups is 3. The Kier molecular flexibility index (Phi) is 4.29. The van der Waals surface area contributed by atoms with Gasteiger partial charge in [0.05, 0.1) is 5.97 Å². The first kappa shape index (κ1) is 15.7. The van der Waals surface area contributed by atoms with Crippen LogP contribution < -0.4 is 15.2 Å². The second-order valence-corrected chi connectivity index (χ2v) is 5.49. The summed E-state index contributed by atoms with van der Waals surface area (Å²) in [6.45, 7) is 0.319. The molecule has 2 aromatic rings. The van der Waals surface area contributed by atoms with E-state index in [0.29, 0.717) is 12.1 Å². The molecule has 24 heavy (non-hydrogen) atoms. The number of amides is 1. The zero-order valence-corrected chi connectivity index (χ0v) is 12.7. The molecule has 0 radical (unpaired) electrons. The number of fused-ring (bicyclic) bond motifs is 1. The molecule has 1 aliphatic heterocycles. The molecule has 1 heterocycles. The summed E-state index contributed by atoms with van der Waals surface area (Å²) in [5.74, 6) is -3.25. The summed E-state index contributed by atoms with van der Waals surface area (Å²) >= 11 is 0. The van der Waals surface area contributed by atoms with Crippen LogP contribution in [-0.4, -0.2) is 17.8 Å². The molecule has 1 unspecified atom stereocenters. The van der Waals surface area contributed by atoms with E-state index in [1.807, 2.05) is 30.3 Å². The molecule has 0 aromatic heterocycles. The van der Waals surface area contributed by atoms with Crippen molar-refractivity contribution in [1.82, 2.24) is 5.32 Å². The van der Waals surface area contributed by atoms with Crippen LogP contribution in [0.25, 0.3) is 0 Å². The van der Waals surface area contributed by atoms with Gasteiger partial charge in [0.25, 0.3) is 0 Å². The van der Waals surface area contributed by atoms with E-state index in [1.54, 1.807) is 0 Å². The van der Waals surface area contributed by atoms with Crippen molar-refractivity contribution < 1.29 is 24.2 Å². The molecule has 6 nitrogen and oxygen atoms in total. The lowest BCUT2D eigenvalue weighted by Crippen LogP contribution is -2.40. The van der Waals surface area contributed by atoms with Gasteiger partial charge >= 0.3 is 5.97 Å². The van der Waals surface area contributed by atoms with Crippen molar-refractivity contribution in [1.29, 1.82) is 0 Å². The fourth-order valence-electron chi connectivity index (χ4n) is 2.54. The van der Waals surface area contributed by atoms with Crippen molar-refractivity contribution >= 4 is 17.8 Å². The Labute approximate surface area is 138 Å². The predicted molar refractivity (Wildman–Crippen MR) is 81.9 cm³/mol. The minimum absolute atomic E-state index is 0.0754. The molecule has 122 valence electrons. The minimum Gasteiger partial charge on any atom is -0.545 e. The first-order valence-electron chi connectivity index (χ1n) is 7.42. The smallest absolute Gasteiger partial charge is 0.324 e. The second-order valence-electron chi connectivity index (χ2n) is 5.49. The number of carbonyl (C=O) groups excluding carboxylic acids is 3. The molecule has 0 bridgehead atoms. The van der Waals surface area contributed by atoms with Crippen molar-refractivity contribution in [2.45, 2.75) is 13.0 Å². The molecule has 0 saturated carbocycles. The molecule has 0 spiro atoms. The average Bonchev–Trinajstić information content (AvgIpc) is 2.59. The molecule has 0 saturated heterocycles. The minimum atomic E-state index is -1.35. The van der Waals surface area contributed by atoms with Gasteiger partial charge in [0, 0.05) is 12.1 Å². The highest BCUT2D eigenvalue weighted by Gasteiger charge is 2.34. The van der Waals surface area contributed by atoms with Crippen LogP contribution >= 0.6 is 0 Å². The summed E-state index contributed by atoms with van der Waals surface area (Å²) in [6, 6.07) is 13.5. The van der Waals surface area contributed by atoms with Gasteiger partial charge in [-0.15, -0.1) is 0 Å². The van der Waals surface area contributed by atoms with Gasteiger partial charge < -0.3 is 20.0 Å². The second kappa shape index (κ2) is 6.54. The number of carboxylic acids is 1. The highest BCUT2D eigenvalue weighted by Crippen LogP contribution is 2.29. The summed E-state index contributed by atoms with van der Waals surface area (Å²) in [6.07, 6.45) is 0.169. The topological polar surface area (TPSA) is 95.5 Å². The molecule has 1 aliphatic rings. The molecule has 6 heteroatoms. The number of aromatic carboxylic acids is 1. The van der Waals surface area contributed by atoms with Gasteiger partial charge in [-0.05, 0) is 23.6 Å². The van der Waals surface area contributed by atoms with E-state index in [1.165, 1.54) is 18.2 Å². The fraction of sp³-hybridized carbons (Fsp3) is 0.167. The first-order valence-corrected chi connectivity index (χ1v) is 7.42. The number of ether oxygens (including phenoxy) is 1. The first-order chi connectivity index (χ1) is 11.5. The standard InChI is InChI=1S/C18H15NO5/c20-16(19-10-11-4-2-1-3-5-11)14-8-12-6-7-13(17(21)22)9-15(12)24-18(14)23/h1-7,9,14H,8,10H2,(H,19,20)(H,21,22)/p-1. The van der Waals surface area contributed by atoms with E-state index in [4.69, 9.17) is 4.74 Å². The molecule has 2 aromatic carbocycles. The lowest BCUT2D eigenvalue weighted by Gasteiger charge is -2.23. The molecule has 1 amide bonds. The lowest BCUT2D eigenvalue weighted by atomic mass is 9.94. The fourth-order valence-corrected chi connectivity index (χ4v) is 2.54. The molecule has 1 atom stereocenters. The zero-order valence-electron chi connectivity index (χ0n) is 12.7. The Morgan fingerprint density at radius 2 is 1.92 bits per heavy atom. The van der Waals surface area contributed by atoms with Gasteiger partial charge in [-0.2, -0.15) is 0 Å². The van der Waals surface area contributed by atoms with Crippen LogP contribution in [0.15, 0.2) is 48.5 Å². The number of hydrogen-bond acceptors (Lipinski definition) is 5. The van der Waals surface area contributed by atoms with Crippen LogP contribution in [0.2, 0.25) is 0 Å². The van der Waals surface area contributed by atoms with Gasteiger partial charge in [0.1, 0.15) is 11.7 Å². The lowest BCUT2D eigenvalue weighted by molar-refractivity contribution is -0.255. The third-order valence-electron chi connectivity index (χ3n) is 3.85. The maximum Gasteiger partial charge on any atom is 0.324 e. The Morgan fingerprint density at radius 3 is 2.62 bits per heavy atom. The average molecular weight is 324 g/mol. The van der Waals surface area contributed by atoms with Gasteiger partial charge in [0.2, 0.25) is 5.91 Å². The van der Waals surface area contributed by atoms with E-state index in [9.17, 15) is 19.5 Å². The van der Waals surface area contributed by atoms with E-state index in [-0.39, 0.29) is 17.7 Å². The number of carboxylic acid groups (broad SMARTS) is 1. The number of esters is 1. The Balaban J connectivity index is 1.70. The van der Waals surface area contributed by atoms with Crippen molar-refractivity contribution in [3.8, 4) is 5.75 Å². The monoisotopic (exact) mass is 324 g/mol. The summed E-state index contributed by atoms with van der Waals surface area (Å²) in [7, 11) is 0. The van der Waals surface area contributed by atoms with E-state index >= 15 is 0 Å². The van der Waals surface area contributed by atoms with Crippen molar-refractivity contribution in [2.24, 2.45) is 5.92 Å². The number of benzene rings is 2. The van der Waals surface area contributed by atoms with Gasteiger partial charge in [-0.25, -0.2) is 0 Å². The Bertz CT molecular complexity index is 800. The third kappa shape index (κ3) is 3.27. The Hall–Kier alpha value is -3.15. The summed E-state index contributed by atoms with van der Waals surface area (Å²) in [5.41, 5.74) is 1.46. The molecule has 3 rings (SSSR count). The molecule has 1 N–H and O–H groups in total. The summed E-state index contributed by atoms with van der Waals surface area (Å²) in [5, 5.41) is 13.6. The van der Waals surface area contributed by atoms with Crippen LogP contribution in [-0.2, 0) is 22.6 Å². The predicted octanol–water partition coefficient (Wildman–Crippen LogP) is 0.444. The number of nitrogens with one attached hydrogen (secondary N) is 1. The van der Waals surface area contributed by atoms with Crippen molar-refractivity contribution in [3.63, 3.8) is 0 Å². The van der Waals surface area contributed by atoms with E-state index < -0.39 is 23.8 Å². The molecular weight excluding hydrogens is 310 g/mol. The van der Waals surface area contributed by atoms with Crippen molar-refractivity contribution in [2.75, 3.05) is 0 Å². The maximum atomic E-state index is 12.3. The van der Waals surface area contributed by atoms with Gasteiger partial charge in [-0.3, -0.25) is 9.59 Å². The third-order valence-corrected chi connectivity index (χ3v) is 3.85. The van der Waals surface area contributed by atoms with E-state index in [2.05, 4.69) is 5.32 Å².